The van der Waals surface area contributed by atoms with E-state index < -0.39 is 0 Å². The first kappa shape index (κ1) is 15.3. The maximum absolute atomic E-state index is 11.7. The molecule has 4 nitrogen and oxygen atoms in total. The van der Waals surface area contributed by atoms with Gasteiger partial charge < -0.3 is 9.64 Å². The Labute approximate surface area is 125 Å². The quantitative estimate of drug-likeness (QED) is 0.631. The molecule has 1 heterocycles. The fraction of sp³-hybridized carbons (Fsp3) is 0.412. The van der Waals surface area contributed by atoms with Gasteiger partial charge in [0.25, 0.3) is 0 Å². The summed E-state index contributed by atoms with van der Waals surface area (Å²) in [6.45, 7) is 5.06. The minimum Gasteiger partial charge on any atom is -0.427 e. The van der Waals surface area contributed by atoms with Crippen LogP contribution in [0.2, 0.25) is 0 Å². The minimum atomic E-state index is -0.232. The molecular weight excluding hydrogens is 266 g/mol. The number of nitrogens with zero attached hydrogens (tertiary/aromatic N) is 1. The van der Waals surface area contributed by atoms with Crippen LogP contribution >= 0.6 is 0 Å². The van der Waals surface area contributed by atoms with Gasteiger partial charge in [-0.15, -0.1) is 0 Å². The van der Waals surface area contributed by atoms with E-state index in [0.717, 1.165) is 18.5 Å². The number of ether oxygens (including phenoxy) is 1. The van der Waals surface area contributed by atoms with Crippen molar-refractivity contribution in [2.45, 2.75) is 33.1 Å². The van der Waals surface area contributed by atoms with Crippen LogP contribution in [-0.2, 0) is 9.59 Å². The number of benzene rings is 1. The van der Waals surface area contributed by atoms with E-state index in [-0.39, 0.29) is 11.9 Å². The summed E-state index contributed by atoms with van der Waals surface area (Å²) in [6, 6.07) is 7.56. The first-order valence-electron chi connectivity index (χ1n) is 7.42. The standard InChI is InChI=1S/C17H21NO3/c1-3-16(19)18-10-8-13(9-11-18)14-6-5-7-15(12-14)21-17(20)4-2/h5-8,12H,3-4,9-11H2,1-2H3. The van der Waals surface area contributed by atoms with Crippen LogP contribution in [0.1, 0.15) is 38.7 Å². The van der Waals surface area contributed by atoms with E-state index in [2.05, 4.69) is 6.08 Å². The summed E-state index contributed by atoms with van der Waals surface area (Å²) in [5, 5.41) is 0. The van der Waals surface area contributed by atoms with Crippen molar-refractivity contribution in [3.05, 3.63) is 35.9 Å². The zero-order chi connectivity index (χ0) is 15.2. The monoisotopic (exact) mass is 287 g/mol. The van der Waals surface area contributed by atoms with E-state index >= 15 is 0 Å². The highest BCUT2D eigenvalue weighted by Crippen LogP contribution is 2.25. The van der Waals surface area contributed by atoms with Gasteiger partial charge in [-0.2, -0.15) is 0 Å². The lowest BCUT2D eigenvalue weighted by atomic mass is 9.99. The maximum atomic E-state index is 11.7. The molecule has 0 saturated heterocycles. The Kier molecular flexibility index (Phi) is 5.14. The highest BCUT2D eigenvalue weighted by Gasteiger charge is 2.16. The fourth-order valence-electron chi connectivity index (χ4n) is 2.34. The van der Waals surface area contributed by atoms with Gasteiger partial charge in [0, 0.05) is 25.9 Å². The molecule has 0 atom stereocenters. The Morgan fingerprint density at radius 1 is 1.24 bits per heavy atom. The Morgan fingerprint density at radius 3 is 2.67 bits per heavy atom. The van der Waals surface area contributed by atoms with Crippen molar-refractivity contribution in [2.75, 3.05) is 13.1 Å². The van der Waals surface area contributed by atoms with E-state index in [1.165, 1.54) is 5.57 Å². The molecule has 2 rings (SSSR count). The summed E-state index contributed by atoms with van der Waals surface area (Å²) < 4.78 is 5.24. The first-order chi connectivity index (χ1) is 10.1. The van der Waals surface area contributed by atoms with Crippen molar-refractivity contribution in [3.63, 3.8) is 0 Å². The van der Waals surface area contributed by atoms with Crippen LogP contribution in [0.3, 0.4) is 0 Å². The zero-order valence-electron chi connectivity index (χ0n) is 12.6. The van der Waals surface area contributed by atoms with Crippen LogP contribution in [0.5, 0.6) is 5.75 Å². The normalized spacial score (nSPS) is 14.6. The fourth-order valence-corrected chi connectivity index (χ4v) is 2.34. The molecule has 1 aromatic carbocycles. The molecular formula is C17H21NO3. The average Bonchev–Trinajstić information content (AvgIpc) is 2.54. The molecule has 4 heteroatoms. The van der Waals surface area contributed by atoms with E-state index in [9.17, 15) is 9.59 Å². The zero-order valence-corrected chi connectivity index (χ0v) is 12.6. The molecule has 1 amide bonds. The first-order valence-corrected chi connectivity index (χ1v) is 7.42. The van der Waals surface area contributed by atoms with Crippen molar-refractivity contribution in [1.29, 1.82) is 0 Å². The third kappa shape index (κ3) is 3.94. The highest BCUT2D eigenvalue weighted by atomic mass is 16.5. The number of amides is 1. The van der Waals surface area contributed by atoms with Crippen LogP contribution in [0.4, 0.5) is 0 Å². The lowest BCUT2D eigenvalue weighted by Gasteiger charge is -2.26. The van der Waals surface area contributed by atoms with Gasteiger partial charge in [-0.1, -0.05) is 32.1 Å². The summed E-state index contributed by atoms with van der Waals surface area (Å²) >= 11 is 0. The number of carbonyl (C=O) groups excluding carboxylic acids is 2. The van der Waals surface area contributed by atoms with Gasteiger partial charge in [-0.05, 0) is 29.7 Å². The van der Waals surface area contributed by atoms with Crippen molar-refractivity contribution in [3.8, 4) is 5.75 Å². The smallest absolute Gasteiger partial charge is 0.310 e. The molecule has 0 N–H and O–H groups in total. The van der Waals surface area contributed by atoms with E-state index in [1.807, 2.05) is 30.0 Å². The summed E-state index contributed by atoms with van der Waals surface area (Å²) in [5.74, 6) is 0.535. The SMILES string of the molecule is CCC(=O)Oc1cccc(C2=CCN(C(=O)CC)CC2)c1. The van der Waals surface area contributed by atoms with E-state index in [4.69, 9.17) is 4.74 Å². The van der Waals surface area contributed by atoms with Crippen LogP contribution in [0, 0.1) is 0 Å². The van der Waals surface area contributed by atoms with Crippen LogP contribution in [-0.4, -0.2) is 29.9 Å². The Hall–Kier alpha value is -2.10. The Bertz CT molecular complexity index is 563. The molecule has 1 aliphatic heterocycles. The van der Waals surface area contributed by atoms with Crippen molar-refractivity contribution in [2.24, 2.45) is 0 Å². The predicted molar refractivity (Wildman–Crippen MR) is 81.8 cm³/mol. The second kappa shape index (κ2) is 7.07. The predicted octanol–water partition coefficient (Wildman–Crippen LogP) is 3.03. The van der Waals surface area contributed by atoms with Crippen LogP contribution in [0.15, 0.2) is 30.3 Å². The molecule has 21 heavy (non-hydrogen) atoms. The Morgan fingerprint density at radius 2 is 2.05 bits per heavy atom. The molecule has 0 aliphatic carbocycles. The summed E-state index contributed by atoms with van der Waals surface area (Å²) in [6.07, 6.45) is 3.82. The number of hydrogen-bond acceptors (Lipinski definition) is 3. The lowest BCUT2D eigenvalue weighted by molar-refractivity contribution is -0.134. The maximum Gasteiger partial charge on any atom is 0.310 e. The van der Waals surface area contributed by atoms with E-state index in [1.54, 1.807) is 13.0 Å². The summed E-state index contributed by atoms with van der Waals surface area (Å²) in [5.41, 5.74) is 2.25. The second-order valence-electron chi connectivity index (χ2n) is 5.03. The molecule has 0 unspecified atom stereocenters. The van der Waals surface area contributed by atoms with E-state index in [0.29, 0.717) is 25.1 Å². The number of esters is 1. The van der Waals surface area contributed by atoms with Crippen molar-refractivity contribution in [1.82, 2.24) is 4.90 Å². The average molecular weight is 287 g/mol. The van der Waals surface area contributed by atoms with Gasteiger partial charge in [-0.3, -0.25) is 9.59 Å². The van der Waals surface area contributed by atoms with Gasteiger partial charge in [0.15, 0.2) is 0 Å². The van der Waals surface area contributed by atoms with Gasteiger partial charge in [0.1, 0.15) is 5.75 Å². The van der Waals surface area contributed by atoms with Gasteiger partial charge in [0.2, 0.25) is 5.91 Å². The summed E-state index contributed by atoms with van der Waals surface area (Å²) in [4.78, 5) is 24.9. The summed E-state index contributed by atoms with van der Waals surface area (Å²) in [7, 11) is 0. The van der Waals surface area contributed by atoms with Crippen molar-refractivity contribution < 1.29 is 14.3 Å². The molecule has 0 aromatic heterocycles. The van der Waals surface area contributed by atoms with Gasteiger partial charge in [-0.25, -0.2) is 0 Å². The van der Waals surface area contributed by atoms with Gasteiger partial charge >= 0.3 is 5.97 Å². The number of hydrogen-bond donors (Lipinski definition) is 0. The molecule has 0 bridgehead atoms. The molecule has 0 radical (unpaired) electrons. The van der Waals surface area contributed by atoms with Crippen LogP contribution in [0.25, 0.3) is 5.57 Å². The molecule has 1 aliphatic rings. The molecule has 0 spiro atoms. The van der Waals surface area contributed by atoms with Crippen LogP contribution < -0.4 is 4.74 Å². The molecule has 112 valence electrons. The largest absolute Gasteiger partial charge is 0.427 e. The Balaban J connectivity index is 2.09. The molecule has 0 fully saturated rings. The van der Waals surface area contributed by atoms with Gasteiger partial charge in [0.05, 0.1) is 0 Å². The number of carbonyl (C=O) groups is 2. The number of rotatable bonds is 4. The minimum absolute atomic E-state index is 0.191. The third-order valence-corrected chi connectivity index (χ3v) is 3.59. The van der Waals surface area contributed by atoms with Crippen molar-refractivity contribution >= 4 is 17.4 Å². The topological polar surface area (TPSA) is 46.6 Å². The molecule has 0 saturated carbocycles. The third-order valence-electron chi connectivity index (χ3n) is 3.59. The lowest BCUT2D eigenvalue weighted by Crippen LogP contribution is -2.34. The second-order valence-corrected chi connectivity index (χ2v) is 5.03. The highest BCUT2D eigenvalue weighted by molar-refractivity contribution is 5.78. The molecule has 1 aromatic rings.